The molecule has 2 aliphatic carbocycles. The summed E-state index contributed by atoms with van der Waals surface area (Å²) in [5.41, 5.74) is -1.69. The van der Waals surface area contributed by atoms with Crippen molar-refractivity contribution in [1.29, 1.82) is 0 Å². The highest BCUT2D eigenvalue weighted by molar-refractivity contribution is 6.06. The van der Waals surface area contributed by atoms with Crippen molar-refractivity contribution in [3.8, 4) is 0 Å². The summed E-state index contributed by atoms with van der Waals surface area (Å²) in [6.07, 6.45) is 6.41. The Morgan fingerprint density at radius 3 is 2.45 bits per heavy atom. The third-order valence-electron chi connectivity index (χ3n) is 4.75. The van der Waals surface area contributed by atoms with E-state index in [-0.39, 0.29) is 17.9 Å². The number of likely N-dealkylation sites (tertiary alicyclic amines) is 1. The second-order valence-corrected chi connectivity index (χ2v) is 6.56. The number of aliphatic hydroxyl groups is 1. The predicted octanol–water partition coefficient (Wildman–Crippen LogP) is 0.585. The highest BCUT2D eigenvalue weighted by Gasteiger charge is 2.56. The van der Waals surface area contributed by atoms with Gasteiger partial charge in [-0.25, -0.2) is 0 Å². The third kappa shape index (κ3) is 2.14. The Morgan fingerprint density at radius 1 is 1.35 bits per heavy atom. The Morgan fingerprint density at radius 2 is 2.00 bits per heavy atom. The first-order valence-corrected chi connectivity index (χ1v) is 7.43. The van der Waals surface area contributed by atoms with Crippen molar-refractivity contribution in [2.75, 3.05) is 13.1 Å². The lowest BCUT2D eigenvalue weighted by Gasteiger charge is -2.51. The lowest BCUT2D eigenvalue weighted by atomic mass is 9.66. The molecule has 2 amide bonds. The van der Waals surface area contributed by atoms with E-state index in [2.05, 4.69) is 11.9 Å². The van der Waals surface area contributed by atoms with Crippen LogP contribution in [0.5, 0.6) is 0 Å². The number of nitrogens with one attached hydrogen (secondary N) is 1. The molecule has 0 bridgehead atoms. The monoisotopic (exact) mass is 278 g/mol. The molecule has 1 heterocycles. The van der Waals surface area contributed by atoms with Gasteiger partial charge in [0.25, 0.3) is 0 Å². The Bertz CT molecular complexity index is 446. The van der Waals surface area contributed by atoms with Crippen LogP contribution in [0.1, 0.15) is 38.5 Å². The minimum atomic E-state index is -0.849. The van der Waals surface area contributed by atoms with Gasteiger partial charge in [0, 0.05) is 6.04 Å². The second kappa shape index (κ2) is 4.58. The van der Waals surface area contributed by atoms with Gasteiger partial charge in [0.2, 0.25) is 11.8 Å². The van der Waals surface area contributed by atoms with Crippen molar-refractivity contribution in [2.45, 2.75) is 50.2 Å². The molecule has 3 aliphatic rings. The lowest BCUT2D eigenvalue weighted by Crippen LogP contribution is -2.68. The predicted molar refractivity (Wildman–Crippen MR) is 73.8 cm³/mol. The van der Waals surface area contributed by atoms with Gasteiger partial charge in [-0.05, 0) is 32.1 Å². The highest BCUT2D eigenvalue weighted by atomic mass is 16.3. The van der Waals surface area contributed by atoms with E-state index in [1.165, 1.54) is 0 Å². The van der Waals surface area contributed by atoms with E-state index in [4.69, 9.17) is 0 Å². The molecule has 0 spiro atoms. The fourth-order valence-corrected chi connectivity index (χ4v) is 3.13. The molecule has 1 aliphatic heterocycles. The van der Waals surface area contributed by atoms with E-state index < -0.39 is 11.0 Å². The minimum absolute atomic E-state index is 0.101. The average molecular weight is 278 g/mol. The molecule has 2 saturated carbocycles. The zero-order valence-corrected chi connectivity index (χ0v) is 11.7. The Kier molecular flexibility index (Phi) is 3.12. The maximum Gasteiger partial charge on any atom is 0.238 e. The second-order valence-electron chi connectivity index (χ2n) is 6.56. The summed E-state index contributed by atoms with van der Waals surface area (Å²) in [7, 11) is 0. The number of carbonyl (C=O) groups is 2. The van der Waals surface area contributed by atoms with Gasteiger partial charge in [-0.3, -0.25) is 9.59 Å². The number of amides is 2. The number of nitrogens with zero attached hydrogens (tertiary/aromatic N) is 1. The van der Waals surface area contributed by atoms with Gasteiger partial charge in [-0.2, -0.15) is 0 Å². The van der Waals surface area contributed by atoms with Crippen LogP contribution in [0.25, 0.3) is 0 Å². The molecule has 5 heteroatoms. The van der Waals surface area contributed by atoms with Crippen LogP contribution < -0.4 is 5.32 Å². The quantitative estimate of drug-likeness (QED) is 0.571. The summed E-state index contributed by atoms with van der Waals surface area (Å²) in [6.45, 7) is 4.25. The molecule has 1 saturated heterocycles. The van der Waals surface area contributed by atoms with Crippen LogP contribution in [0.2, 0.25) is 0 Å². The Hall–Kier alpha value is -1.36. The van der Waals surface area contributed by atoms with Crippen LogP contribution in [-0.2, 0) is 9.59 Å². The first-order chi connectivity index (χ1) is 9.49. The van der Waals surface area contributed by atoms with Gasteiger partial charge in [0.15, 0.2) is 0 Å². The van der Waals surface area contributed by atoms with Crippen LogP contribution in [0.3, 0.4) is 0 Å². The molecule has 0 radical (unpaired) electrons. The van der Waals surface area contributed by atoms with Crippen molar-refractivity contribution in [3.63, 3.8) is 0 Å². The molecule has 3 fully saturated rings. The van der Waals surface area contributed by atoms with E-state index >= 15 is 0 Å². The highest BCUT2D eigenvalue weighted by Crippen LogP contribution is 2.45. The van der Waals surface area contributed by atoms with Crippen LogP contribution in [0.15, 0.2) is 12.7 Å². The van der Waals surface area contributed by atoms with E-state index in [1.807, 2.05) is 0 Å². The number of rotatable bonds is 5. The van der Waals surface area contributed by atoms with Crippen molar-refractivity contribution >= 4 is 11.8 Å². The fraction of sp³-hybridized carbons (Fsp3) is 0.733. The van der Waals surface area contributed by atoms with Gasteiger partial charge >= 0.3 is 0 Å². The normalized spacial score (nSPS) is 26.1. The van der Waals surface area contributed by atoms with E-state index in [1.54, 1.807) is 11.0 Å². The van der Waals surface area contributed by atoms with Crippen molar-refractivity contribution in [3.05, 3.63) is 12.7 Å². The molecular formula is C15H22N2O3. The van der Waals surface area contributed by atoms with Crippen LogP contribution in [-0.4, -0.2) is 46.6 Å². The molecule has 20 heavy (non-hydrogen) atoms. The first kappa shape index (κ1) is 13.6. The summed E-state index contributed by atoms with van der Waals surface area (Å²) in [5, 5.41) is 13.1. The zero-order chi connectivity index (χ0) is 14.4. The molecule has 0 atom stereocenters. The standard InChI is InChI=1S/C15H22N2O3/c1-2-6-14(20)9-17(10-14)13(19)15(7-3-8-15)12(18)16-11-4-5-11/h2,11,20H,1,3-10H2,(H,16,18). The zero-order valence-electron chi connectivity index (χ0n) is 11.7. The number of β-amino-alcohol motifs (C(OH)–C–C–N with tert-alkyl or cyclic N) is 1. The molecule has 0 aromatic rings. The molecule has 0 aromatic carbocycles. The van der Waals surface area contributed by atoms with Crippen molar-refractivity contribution in [2.24, 2.45) is 5.41 Å². The van der Waals surface area contributed by atoms with Crippen molar-refractivity contribution in [1.82, 2.24) is 10.2 Å². The van der Waals surface area contributed by atoms with Crippen LogP contribution >= 0.6 is 0 Å². The van der Waals surface area contributed by atoms with E-state index in [0.29, 0.717) is 32.4 Å². The maximum atomic E-state index is 12.6. The summed E-state index contributed by atoms with van der Waals surface area (Å²) in [6, 6.07) is 0.280. The van der Waals surface area contributed by atoms with Gasteiger partial charge in [-0.15, -0.1) is 6.58 Å². The van der Waals surface area contributed by atoms with Gasteiger partial charge < -0.3 is 15.3 Å². The van der Waals surface area contributed by atoms with Gasteiger partial charge in [0.1, 0.15) is 11.0 Å². The smallest absolute Gasteiger partial charge is 0.238 e. The lowest BCUT2D eigenvalue weighted by molar-refractivity contribution is -0.174. The van der Waals surface area contributed by atoms with Crippen LogP contribution in [0, 0.1) is 5.41 Å². The summed E-state index contributed by atoms with van der Waals surface area (Å²) in [5.74, 6) is -0.203. The summed E-state index contributed by atoms with van der Waals surface area (Å²) >= 11 is 0. The SMILES string of the molecule is C=CCC1(O)CN(C(=O)C2(C(=O)NC3CC3)CCC2)C1. The van der Waals surface area contributed by atoms with Gasteiger partial charge in [-0.1, -0.05) is 12.5 Å². The molecule has 0 aromatic heterocycles. The first-order valence-electron chi connectivity index (χ1n) is 7.43. The molecule has 0 unspecified atom stereocenters. The van der Waals surface area contributed by atoms with E-state index in [0.717, 1.165) is 19.3 Å². The molecule has 5 nitrogen and oxygen atoms in total. The average Bonchev–Trinajstić information content (AvgIpc) is 3.08. The topological polar surface area (TPSA) is 69.6 Å². The molecule has 2 N–H and O–H groups in total. The Labute approximate surface area is 119 Å². The summed E-state index contributed by atoms with van der Waals surface area (Å²) < 4.78 is 0. The largest absolute Gasteiger partial charge is 0.386 e. The maximum absolute atomic E-state index is 12.6. The third-order valence-corrected chi connectivity index (χ3v) is 4.75. The molecule has 110 valence electrons. The van der Waals surface area contributed by atoms with E-state index in [9.17, 15) is 14.7 Å². The number of hydrogen-bond acceptors (Lipinski definition) is 3. The Balaban J connectivity index is 1.63. The number of hydrogen-bond donors (Lipinski definition) is 2. The van der Waals surface area contributed by atoms with Crippen LogP contribution in [0.4, 0.5) is 0 Å². The molecule has 3 rings (SSSR count). The summed E-state index contributed by atoms with van der Waals surface area (Å²) in [4.78, 5) is 26.5. The van der Waals surface area contributed by atoms with Crippen molar-refractivity contribution < 1.29 is 14.7 Å². The minimum Gasteiger partial charge on any atom is -0.386 e. The van der Waals surface area contributed by atoms with Gasteiger partial charge in [0.05, 0.1) is 13.1 Å². The fourth-order valence-electron chi connectivity index (χ4n) is 3.13. The molecular weight excluding hydrogens is 256 g/mol. The number of carbonyl (C=O) groups excluding carboxylic acids is 2.